The van der Waals surface area contributed by atoms with Gasteiger partial charge in [0, 0.05) is 35.2 Å². The second-order valence-electron chi connectivity index (χ2n) is 7.96. The monoisotopic (exact) mass is 472 g/mol. The first-order chi connectivity index (χ1) is 16.7. The number of carbonyl (C=O) groups is 2. The maximum absolute atomic E-state index is 13.2. The Labute approximate surface area is 201 Å². The van der Waals surface area contributed by atoms with E-state index < -0.39 is 0 Å². The lowest BCUT2D eigenvalue weighted by molar-refractivity contribution is -0.118. The van der Waals surface area contributed by atoms with Crippen molar-refractivity contribution >= 4 is 39.6 Å². The minimum Gasteiger partial charge on any atom is -0.486 e. The third kappa shape index (κ3) is 4.89. The van der Waals surface area contributed by atoms with Gasteiger partial charge in [-0.1, -0.05) is 36.4 Å². The van der Waals surface area contributed by atoms with Gasteiger partial charge in [0.15, 0.2) is 11.5 Å². The van der Waals surface area contributed by atoms with Gasteiger partial charge in [0.1, 0.15) is 13.2 Å². The molecule has 0 bridgehead atoms. The predicted molar refractivity (Wildman–Crippen MR) is 134 cm³/mol. The molecule has 0 saturated heterocycles. The minimum absolute atomic E-state index is 0.0797. The number of nitrogens with zero attached hydrogens (tertiary/aromatic N) is 1. The van der Waals surface area contributed by atoms with Crippen molar-refractivity contribution in [2.24, 2.45) is 0 Å². The smallest absolute Gasteiger partial charge is 0.251 e. The summed E-state index contributed by atoms with van der Waals surface area (Å²) in [5.41, 5.74) is 1.32. The third-order valence-corrected chi connectivity index (χ3v) is 6.53. The summed E-state index contributed by atoms with van der Waals surface area (Å²) in [5.74, 6) is 1.05. The number of nitrogens with one attached hydrogen (secondary N) is 1. The third-order valence-electron chi connectivity index (χ3n) is 5.67. The molecule has 0 spiro atoms. The number of benzene rings is 3. The van der Waals surface area contributed by atoms with Crippen LogP contribution >= 0.6 is 11.3 Å². The van der Waals surface area contributed by atoms with Crippen molar-refractivity contribution in [3.05, 3.63) is 88.6 Å². The van der Waals surface area contributed by atoms with Crippen LogP contribution < -0.4 is 19.7 Å². The van der Waals surface area contributed by atoms with Crippen molar-refractivity contribution in [3.8, 4) is 11.5 Å². The average molecular weight is 473 g/mol. The van der Waals surface area contributed by atoms with Crippen molar-refractivity contribution < 1.29 is 19.1 Å². The molecule has 1 aromatic heterocycles. The molecule has 0 fully saturated rings. The molecule has 7 heteroatoms. The average Bonchev–Trinajstić information content (AvgIpc) is 3.40. The molecule has 0 radical (unpaired) electrons. The van der Waals surface area contributed by atoms with Crippen molar-refractivity contribution in [2.75, 3.05) is 24.7 Å². The number of carbonyl (C=O) groups excluding carboxylic acids is 2. The summed E-state index contributed by atoms with van der Waals surface area (Å²) in [6.45, 7) is 1.70. The molecule has 0 atom stereocenters. The van der Waals surface area contributed by atoms with Gasteiger partial charge in [-0.3, -0.25) is 9.59 Å². The van der Waals surface area contributed by atoms with Crippen molar-refractivity contribution in [3.63, 3.8) is 0 Å². The van der Waals surface area contributed by atoms with Crippen molar-refractivity contribution in [1.82, 2.24) is 5.32 Å². The van der Waals surface area contributed by atoms with E-state index >= 15 is 0 Å². The molecule has 0 aliphatic carbocycles. The van der Waals surface area contributed by atoms with Crippen LogP contribution in [0.4, 0.5) is 5.69 Å². The van der Waals surface area contributed by atoms with E-state index in [0.717, 1.165) is 21.3 Å². The molecule has 0 saturated carbocycles. The normalized spacial score (nSPS) is 12.4. The van der Waals surface area contributed by atoms with Gasteiger partial charge in [0.25, 0.3) is 5.91 Å². The Morgan fingerprint density at radius 1 is 0.882 bits per heavy atom. The van der Waals surface area contributed by atoms with E-state index in [0.29, 0.717) is 36.8 Å². The number of ether oxygens (including phenoxy) is 2. The van der Waals surface area contributed by atoms with E-state index in [1.807, 2.05) is 72.1 Å². The van der Waals surface area contributed by atoms with Gasteiger partial charge in [0.2, 0.25) is 5.91 Å². The lowest BCUT2D eigenvalue weighted by Gasteiger charge is -2.25. The Kier molecular flexibility index (Phi) is 6.44. The van der Waals surface area contributed by atoms with Crippen LogP contribution in [0.15, 0.2) is 78.2 Å². The summed E-state index contributed by atoms with van der Waals surface area (Å²) in [6, 6.07) is 23.0. The lowest BCUT2D eigenvalue weighted by Crippen LogP contribution is -2.34. The quantitative estimate of drug-likeness (QED) is 0.410. The molecule has 1 N–H and O–H groups in total. The van der Waals surface area contributed by atoms with Gasteiger partial charge < -0.3 is 19.7 Å². The Hall–Kier alpha value is -3.84. The lowest BCUT2D eigenvalue weighted by atomic mass is 10.1. The summed E-state index contributed by atoms with van der Waals surface area (Å²) >= 11 is 1.60. The van der Waals surface area contributed by atoms with E-state index in [1.54, 1.807) is 22.3 Å². The van der Waals surface area contributed by atoms with Crippen LogP contribution in [0.25, 0.3) is 10.8 Å². The largest absolute Gasteiger partial charge is 0.486 e. The van der Waals surface area contributed by atoms with Crippen LogP contribution in [0, 0.1) is 0 Å². The van der Waals surface area contributed by atoms with E-state index in [9.17, 15) is 9.59 Å². The molecular weight excluding hydrogens is 448 g/mol. The molecule has 2 heterocycles. The van der Waals surface area contributed by atoms with E-state index in [-0.39, 0.29) is 24.8 Å². The van der Waals surface area contributed by atoms with E-state index in [4.69, 9.17) is 9.47 Å². The molecule has 3 aromatic carbocycles. The zero-order valence-corrected chi connectivity index (χ0v) is 19.3. The van der Waals surface area contributed by atoms with Crippen LogP contribution in [0.2, 0.25) is 0 Å². The molecule has 5 rings (SSSR count). The van der Waals surface area contributed by atoms with Crippen LogP contribution in [0.1, 0.15) is 21.7 Å². The summed E-state index contributed by atoms with van der Waals surface area (Å²) in [6.07, 6.45) is 0.180. The highest BCUT2D eigenvalue weighted by Crippen LogP contribution is 2.35. The first kappa shape index (κ1) is 22.0. The SMILES string of the molecule is O=C(NCCC(=O)N(Cc1cccs1)c1ccc2c(c1)OCCO2)c1ccc2ccccc2c1. The Morgan fingerprint density at radius 3 is 2.53 bits per heavy atom. The molecule has 1 aliphatic heterocycles. The zero-order chi connectivity index (χ0) is 23.3. The first-order valence-corrected chi connectivity index (χ1v) is 12.0. The predicted octanol–water partition coefficient (Wildman–Crippen LogP) is 5.03. The van der Waals surface area contributed by atoms with Gasteiger partial charge in [-0.25, -0.2) is 0 Å². The highest BCUT2D eigenvalue weighted by molar-refractivity contribution is 7.09. The fraction of sp³-hybridized carbons (Fsp3) is 0.185. The first-order valence-electron chi connectivity index (χ1n) is 11.2. The molecule has 2 amide bonds. The van der Waals surface area contributed by atoms with E-state index in [1.165, 1.54) is 0 Å². The van der Waals surface area contributed by atoms with Crippen LogP contribution in [0.3, 0.4) is 0 Å². The number of rotatable bonds is 7. The molecule has 0 unspecified atom stereocenters. The highest BCUT2D eigenvalue weighted by Gasteiger charge is 2.20. The summed E-state index contributed by atoms with van der Waals surface area (Å²) in [5, 5.41) is 6.96. The van der Waals surface area contributed by atoms with Gasteiger partial charge in [0.05, 0.1) is 6.54 Å². The fourth-order valence-electron chi connectivity index (χ4n) is 3.93. The van der Waals surface area contributed by atoms with Crippen molar-refractivity contribution in [2.45, 2.75) is 13.0 Å². The van der Waals surface area contributed by atoms with Crippen LogP contribution in [-0.2, 0) is 11.3 Å². The molecule has 4 aromatic rings. The van der Waals surface area contributed by atoms with Crippen LogP contribution in [0.5, 0.6) is 11.5 Å². The molecule has 6 nitrogen and oxygen atoms in total. The maximum Gasteiger partial charge on any atom is 0.251 e. The maximum atomic E-state index is 13.2. The number of hydrogen-bond donors (Lipinski definition) is 1. The number of hydrogen-bond acceptors (Lipinski definition) is 5. The van der Waals surface area contributed by atoms with Gasteiger partial charge >= 0.3 is 0 Å². The van der Waals surface area contributed by atoms with E-state index in [2.05, 4.69) is 5.32 Å². The second-order valence-corrected chi connectivity index (χ2v) is 8.99. The molecule has 172 valence electrons. The zero-order valence-electron chi connectivity index (χ0n) is 18.5. The number of fused-ring (bicyclic) bond motifs is 2. The number of thiophene rings is 1. The minimum atomic E-state index is -0.192. The van der Waals surface area contributed by atoms with Crippen molar-refractivity contribution in [1.29, 1.82) is 0 Å². The molecular formula is C27H24N2O4S. The highest BCUT2D eigenvalue weighted by atomic mass is 32.1. The van der Waals surface area contributed by atoms with Crippen LogP contribution in [-0.4, -0.2) is 31.6 Å². The Morgan fingerprint density at radius 2 is 1.71 bits per heavy atom. The Bertz CT molecular complexity index is 1320. The summed E-state index contributed by atoms with van der Waals surface area (Å²) in [4.78, 5) is 28.7. The summed E-state index contributed by atoms with van der Waals surface area (Å²) in [7, 11) is 0. The summed E-state index contributed by atoms with van der Waals surface area (Å²) < 4.78 is 11.3. The van der Waals surface area contributed by atoms with Gasteiger partial charge in [-0.05, 0) is 46.5 Å². The molecule has 34 heavy (non-hydrogen) atoms. The Balaban J connectivity index is 1.27. The molecule has 1 aliphatic rings. The number of anilines is 1. The standard InChI is InChI=1S/C27H24N2O4S/c30-26(11-12-28-27(31)21-8-7-19-4-1-2-5-20(19)16-21)29(18-23-6-3-15-34-23)22-9-10-24-25(17-22)33-14-13-32-24/h1-10,15-17H,11-14,18H2,(H,28,31). The van der Waals surface area contributed by atoms with Gasteiger partial charge in [-0.2, -0.15) is 0 Å². The number of amides is 2. The van der Waals surface area contributed by atoms with Gasteiger partial charge in [-0.15, -0.1) is 11.3 Å². The second kappa shape index (κ2) is 9.97. The fourth-order valence-corrected chi connectivity index (χ4v) is 4.63. The topological polar surface area (TPSA) is 67.9 Å².